The lowest BCUT2D eigenvalue weighted by molar-refractivity contribution is -0.118. The van der Waals surface area contributed by atoms with Gasteiger partial charge in [0, 0.05) is 19.1 Å². The summed E-state index contributed by atoms with van der Waals surface area (Å²) in [4.78, 5) is 11.7. The molecule has 2 fully saturated rings. The van der Waals surface area contributed by atoms with E-state index in [9.17, 15) is 4.79 Å². The molecule has 1 aromatic rings. The maximum atomic E-state index is 11.7. The van der Waals surface area contributed by atoms with Gasteiger partial charge in [0.15, 0.2) is 0 Å². The van der Waals surface area contributed by atoms with Gasteiger partial charge in [-0.2, -0.15) is 0 Å². The van der Waals surface area contributed by atoms with Crippen LogP contribution in [0, 0.1) is 5.92 Å². The van der Waals surface area contributed by atoms with E-state index in [1.165, 1.54) is 37.4 Å². The molecule has 0 unspecified atom stereocenters. The molecule has 2 aliphatic rings. The van der Waals surface area contributed by atoms with Crippen LogP contribution >= 0.6 is 11.8 Å². The molecule has 1 aromatic heterocycles. The van der Waals surface area contributed by atoms with Gasteiger partial charge in [-0.3, -0.25) is 4.79 Å². The number of tetrazole rings is 1. The number of amides is 1. The van der Waals surface area contributed by atoms with E-state index in [4.69, 9.17) is 0 Å². The number of aromatic nitrogens is 4. The first-order valence-electron chi connectivity index (χ1n) is 7.20. The molecule has 1 heterocycles. The average molecular weight is 296 g/mol. The molecule has 0 atom stereocenters. The molecule has 0 spiro atoms. The Kier molecular flexibility index (Phi) is 4.51. The molecule has 8 heteroatoms. The van der Waals surface area contributed by atoms with E-state index in [0.29, 0.717) is 22.9 Å². The first-order chi connectivity index (χ1) is 9.81. The van der Waals surface area contributed by atoms with E-state index in [1.54, 1.807) is 4.68 Å². The monoisotopic (exact) mass is 296 g/mol. The Morgan fingerprint density at radius 3 is 2.95 bits per heavy atom. The van der Waals surface area contributed by atoms with Crippen molar-refractivity contribution >= 4 is 17.7 Å². The molecule has 20 heavy (non-hydrogen) atoms. The zero-order chi connectivity index (χ0) is 13.8. The van der Waals surface area contributed by atoms with E-state index in [1.807, 2.05) is 0 Å². The molecule has 1 amide bonds. The Morgan fingerprint density at radius 1 is 1.35 bits per heavy atom. The number of rotatable bonds is 9. The minimum atomic E-state index is 0.0626. The second-order valence-corrected chi connectivity index (χ2v) is 6.39. The third-order valence-electron chi connectivity index (χ3n) is 3.45. The van der Waals surface area contributed by atoms with Crippen molar-refractivity contribution in [2.45, 2.75) is 43.4 Å². The summed E-state index contributed by atoms with van der Waals surface area (Å²) < 4.78 is 1.76. The standard InChI is InChI=1S/C12H20N6OS/c19-11(14-7-9-1-2-9)8-20-12-15-16-17-18(12)6-5-13-10-3-4-10/h9-10,13H,1-8H2,(H,14,19). The van der Waals surface area contributed by atoms with Crippen molar-refractivity contribution in [3.05, 3.63) is 0 Å². The van der Waals surface area contributed by atoms with Crippen LogP contribution in [0.25, 0.3) is 0 Å². The van der Waals surface area contributed by atoms with Crippen LogP contribution in [0.2, 0.25) is 0 Å². The van der Waals surface area contributed by atoms with Crippen molar-refractivity contribution in [1.82, 2.24) is 30.8 Å². The zero-order valence-corrected chi connectivity index (χ0v) is 12.2. The summed E-state index contributed by atoms with van der Waals surface area (Å²) in [6, 6.07) is 0.691. The molecule has 3 rings (SSSR count). The third-order valence-corrected chi connectivity index (χ3v) is 4.41. The Balaban J connectivity index is 1.37. The van der Waals surface area contributed by atoms with E-state index >= 15 is 0 Å². The smallest absolute Gasteiger partial charge is 0.230 e. The van der Waals surface area contributed by atoms with Gasteiger partial charge in [-0.05, 0) is 42.0 Å². The number of thioether (sulfide) groups is 1. The second-order valence-electron chi connectivity index (χ2n) is 5.45. The maximum Gasteiger partial charge on any atom is 0.230 e. The molecule has 0 aromatic carbocycles. The van der Waals surface area contributed by atoms with Crippen LogP contribution in [0.3, 0.4) is 0 Å². The highest BCUT2D eigenvalue weighted by atomic mass is 32.2. The molecular weight excluding hydrogens is 276 g/mol. The normalized spacial score (nSPS) is 18.2. The first kappa shape index (κ1) is 13.8. The highest BCUT2D eigenvalue weighted by Gasteiger charge is 2.22. The highest BCUT2D eigenvalue weighted by molar-refractivity contribution is 7.99. The summed E-state index contributed by atoms with van der Waals surface area (Å²) in [5, 5.41) is 18.7. The minimum absolute atomic E-state index is 0.0626. The molecule has 7 nitrogen and oxygen atoms in total. The summed E-state index contributed by atoms with van der Waals surface area (Å²) >= 11 is 1.40. The van der Waals surface area contributed by atoms with Gasteiger partial charge < -0.3 is 10.6 Å². The van der Waals surface area contributed by atoms with Gasteiger partial charge in [-0.15, -0.1) is 5.10 Å². The fraction of sp³-hybridized carbons (Fsp3) is 0.833. The Labute approximate surface area is 122 Å². The van der Waals surface area contributed by atoms with E-state index in [-0.39, 0.29) is 5.91 Å². The lowest BCUT2D eigenvalue weighted by Gasteiger charge is -2.05. The number of hydrogen-bond acceptors (Lipinski definition) is 6. The van der Waals surface area contributed by atoms with Gasteiger partial charge in [0.2, 0.25) is 11.1 Å². The zero-order valence-electron chi connectivity index (χ0n) is 11.4. The number of nitrogens with zero attached hydrogens (tertiary/aromatic N) is 4. The van der Waals surface area contributed by atoms with E-state index in [0.717, 1.165) is 19.6 Å². The van der Waals surface area contributed by atoms with Crippen molar-refractivity contribution in [3.8, 4) is 0 Å². The van der Waals surface area contributed by atoms with Crippen LogP contribution in [0.15, 0.2) is 5.16 Å². The summed E-state index contributed by atoms with van der Waals surface area (Å²) in [6.45, 7) is 2.43. The van der Waals surface area contributed by atoms with Crippen molar-refractivity contribution in [1.29, 1.82) is 0 Å². The molecule has 0 saturated heterocycles. The Morgan fingerprint density at radius 2 is 2.20 bits per heavy atom. The number of carbonyl (C=O) groups is 1. The molecule has 0 bridgehead atoms. The van der Waals surface area contributed by atoms with Gasteiger partial charge in [0.25, 0.3) is 0 Å². The quantitative estimate of drug-likeness (QED) is 0.626. The van der Waals surface area contributed by atoms with Gasteiger partial charge in [0.1, 0.15) is 0 Å². The number of nitrogens with one attached hydrogen (secondary N) is 2. The fourth-order valence-corrected chi connectivity index (χ4v) is 2.60. The molecule has 110 valence electrons. The second kappa shape index (κ2) is 6.53. The molecular formula is C12H20N6OS. The topological polar surface area (TPSA) is 84.7 Å². The summed E-state index contributed by atoms with van der Waals surface area (Å²) in [7, 11) is 0. The van der Waals surface area contributed by atoms with Crippen LogP contribution in [0.1, 0.15) is 25.7 Å². The predicted molar refractivity (Wildman–Crippen MR) is 75.3 cm³/mol. The predicted octanol–water partition coefficient (Wildman–Crippen LogP) is 0.0434. The van der Waals surface area contributed by atoms with Gasteiger partial charge in [-0.1, -0.05) is 11.8 Å². The fourth-order valence-electron chi connectivity index (χ4n) is 1.86. The minimum Gasteiger partial charge on any atom is -0.355 e. The summed E-state index contributed by atoms with van der Waals surface area (Å²) in [5.41, 5.74) is 0. The van der Waals surface area contributed by atoms with Gasteiger partial charge in [0.05, 0.1) is 12.3 Å². The lowest BCUT2D eigenvalue weighted by Crippen LogP contribution is -2.27. The van der Waals surface area contributed by atoms with Crippen LogP contribution < -0.4 is 10.6 Å². The highest BCUT2D eigenvalue weighted by Crippen LogP contribution is 2.27. The lowest BCUT2D eigenvalue weighted by atomic mass is 10.4. The molecule has 2 N–H and O–H groups in total. The van der Waals surface area contributed by atoms with Crippen molar-refractivity contribution in [2.24, 2.45) is 5.92 Å². The van der Waals surface area contributed by atoms with Crippen molar-refractivity contribution in [3.63, 3.8) is 0 Å². The summed E-state index contributed by atoms with van der Waals surface area (Å²) in [6.07, 6.45) is 5.05. The van der Waals surface area contributed by atoms with Gasteiger partial charge in [-0.25, -0.2) is 4.68 Å². The van der Waals surface area contributed by atoms with Crippen LogP contribution in [0.5, 0.6) is 0 Å². The van der Waals surface area contributed by atoms with Crippen LogP contribution in [-0.2, 0) is 11.3 Å². The summed E-state index contributed by atoms with van der Waals surface area (Å²) in [5.74, 6) is 1.15. The molecule has 2 saturated carbocycles. The molecule has 2 aliphatic carbocycles. The Hall–Kier alpha value is -1.15. The average Bonchev–Trinajstić information content (AvgIpc) is 3.35. The first-order valence-corrected chi connectivity index (χ1v) is 8.19. The largest absolute Gasteiger partial charge is 0.355 e. The van der Waals surface area contributed by atoms with Crippen molar-refractivity contribution < 1.29 is 4.79 Å². The molecule has 0 radical (unpaired) electrons. The Bertz CT molecular complexity index is 457. The van der Waals surface area contributed by atoms with E-state index < -0.39 is 0 Å². The van der Waals surface area contributed by atoms with E-state index in [2.05, 4.69) is 26.2 Å². The molecule has 0 aliphatic heterocycles. The third kappa shape index (κ3) is 4.45. The van der Waals surface area contributed by atoms with Gasteiger partial charge >= 0.3 is 0 Å². The number of hydrogen-bond donors (Lipinski definition) is 2. The number of carbonyl (C=O) groups excluding carboxylic acids is 1. The van der Waals surface area contributed by atoms with Crippen LogP contribution in [-0.4, -0.2) is 51.0 Å². The van der Waals surface area contributed by atoms with Crippen molar-refractivity contribution in [2.75, 3.05) is 18.8 Å². The van der Waals surface area contributed by atoms with Crippen LogP contribution in [0.4, 0.5) is 0 Å². The SMILES string of the molecule is O=C(CSc1nnnn1CCNC1CC1)NCC1CC1. The maximum absolute atomic E-state index is 11.7.